The Balaban J connectivity index is 2.00. The van der Waals surface area contributed by atoms with Crippen LogP contribution in [0.2, 0.25) is 0 Å². The average molecular weight is 183 g/mol. The Labute approximate surface area is 80.7 Å². The molecule has 0 heterocycles. The molecular formula is C11H19O2. The average Bonchev–Trinajstić information content (AvgIpc) is 2.64. The minimum atomic E-state index is -0.131. The molecule has 1 aliphatic carbocycles. The van der Waals surface area contributed by atoms with Gasteiger partial charge in [0.1, 0.15) is 0 Å². The summed E-state index contributed by atoms with van der Waals surface area (Å²) in [6.07, 6.45) is 8.58. The lowest BCUT2D eigenvalue weighted by Crippen LogP contribution is -2.11. The van der Waals surface area contributed by atoms with Crippen molar-refractivity contribution in [2.24, 2.45) is 5.92 Å². The molecule has 13 heavy (non-hydrogen) atoms. The van der Waals surface area contributed by atoms with Crippen LogP contribution in [0.4, 0.5) is 0 Å². The maximum Gasteiger partial charge on any atom is 0.309 e. The van der Waals surface area contributed by atoms with Gasteiger partial charge in [-0.2, -0.15) is 0 Å². The summed E-state index contributed by atoms with van der Waals surface area (Å²) < 4.78 is 5.13. The van der Waals surface area contributed by atoms with Crippen molar-refractivity contribution in [2.45, 2.75) is 45.4 Å². The molecule has 0 aliphatic heterocycles. The summed E-state index contributed by atoms with van der Waals surface area (Å²) >= 11 is 0. The quantitative estimate of drug-likeness (QED) is 0.612. The van der Waals surface area contributed by atoms with E-state index in [-0.39, 0.29) is 5.97 Å². The zero-order valence-electron chi connectivity index (χ0n) is 8.42. The number of unbranched alkanes of at least 4 members (excludes halogenated alkanes) is 1. The van der Waals surface area contributed by atoms with Crippen LogP contribution >= 0.6 is 0 Å². The van der Waals surface area contributed by atoms with Gasteiger partial charge in [-0.25, -0.2) is 0 Å². The maximum atomic E-state index is 11.1. The van der Waals surface area contributed by atoms with Gasteiger partial charge in [0, 0.05) is 0 Å². The zero-order chi connectivity index (χ0) is 9.52. The minimum absolute atomic E-state index is 0.131. The number of hydrogen-bond donors (Lipinski definition) is 0. The van der Waals surface area contributed by atoms with Gasteiger partial charge >= 0.3 is 5.97 Å². The Kier molecular flexibility index (Phi) is 4.87. The highest BCUT2D eigenvalue weighted by Gasteiger charge is 2.16. The minimum Gasteiger partial charge on any atom is -0.465 e. The zero-order valence-corrected chi connectivity index (χ0v) is 8.42. The first kappa shape index (κ1) is 10.6. The highest BCUT2D eigenvalue weighted by atomic mass is 16.5. The molecule has 2 heteroatoms. The second-order valence-electron chi connectivity index (χ2n) is 3.77. The molecule has 0 aromatic carbocycles. The molecular weight excluding hydrogens is 164 g/mol. The molecule has 1 radical (unpaired) electrons. The van der Waals surface area contributed by atoms with Crippen LogP contribution in [-0.4, -0.2) is 12.6 Å². The smallest absolute Gasteiger partial charge is 0.309 e. The summed E-state index contributed by atoms with van der Waals surface area (Å²) in [6.45, 7) is 2.69. The van der Waals surface area contributed by atoms with Crippen LogP contribution in [-0.2, 0) is 9.53 Å². The number of esters is 1. The van der Waals surface area contributed by atoms with E-state index in [9.17, 15) is 4.79 Å². The van der Waals surface area contributed by atoms with Crippen molar-refractivity contribution >= 4 is 5.97 Å². The topological polar surface area (TPSA) is 26.3 Å². The van der Waals surface area contributed by atoms with E-state index in [1.807, 2.05) is 0 Å². The third-order valence-electron chi connectivity index (χ3n) is 2.54. The monoisotopic (exact) mass is 183 g/mol. The van der Waals surface area contributed by atoms with Gasteiger partial charge in [0.15, 0.2) is 0 Å². The largest absolute Gasteiger partial charge is 0.465 e. The molecule has 0 spiro atoms. The molecule has 0 unspecified atom stereocenters. The normalized spacial score (nSPS) is 17.6. The summed E-state index contributed by atoms with van der Waals surface area (Å²) in [6, 6.07) is 0. The van der Waals surface area contributed by atoms with E-state index in [0.717, 1.165) is 12.8 Å². The Morgan fingerprint density at radius 3 is 2.77 bits per heavy atom. The first-order valence-electron chi connectivity index (χ1n) is 5.33. The lowest BCUT2D eigenvalue weighted by Gasteiger charge is -2.09. The predicted octanol–water partition coefficient (Wildman–Crippen LogP) is 2.72. The second-order valence-corrected chi connectivity index (χ2v) is 3.77. The molecule has 0 aromatic rings. The number of carbonyl (C=O) groups is 1. The van der Waals surface area contributed by atoms with Crippen LogP contribution in [0, 0.1) is 12.3 Å². The van der Waals surface area contributed by atoms with E-state index in [1.165, 1.54) is 25.7 Å². The molecule has 2 nitrogen and oxygen atoms in total. The molecule has 75 valence electrons. The third kappa shape index (κ3) is 4.30. The van der Waals surface area contributed by atoms with Gasteiger partial charge in [-0.15, -0.1) is 0 Å². The van der Waals surface area contributed by atoms with Crippen molar-refractivity contribution in [3.8, 4) is 0 Å². The Hall–Kier alpha value is -0.530. The van der Waals surface area contributed by atoms with Gasteiger partial charge in [-0.1, -0.05) is 26.2 Å². The molecule has 1 aliphatic rings. The predicted molar refractivity (Wildman–Crippen MR) is 52.1 cm³/mol. The van der Waals surface area contributed by atoms with Crippen molar-refractivity contribution in [3.63, 3.8) is 0 Å². The van der Waals surface area contributed by atoms with Crippen LogP contribution in [0.1, 0.15) is 45.4 Å². The molecule has 0 N–H and O–H groups in total. The van der Waals surface area contributed by atoms with Gasteiger partial charge in [0.05, 0.1) is 13.0 Å². The number of carbonyl (C=O) groups excluding carboxylic acids is 1. The molecule has 1 fully saturated rings. The lowest BCUT2D eigenvalue weighted by atomic mass is 10.1. The summed E-state index contributed by atoms with van der Waals surface area (Å²) in [7, 11) is 0. The number of ether oxygens (including phenoxy) is 1. The Morgan fingerprint density at radius 2 is 2.15 bits per heavy atom. The summed E-state index contributed by atoms with van der Waals surface area (Å²) in [5.41, 5.74) is 0. The SMILES string of the molecule is CCC[CH]C(=O)OCC1CCCC1. The Bertz CT molecular complexity index is 148. The molecule has 0 bridgehead atoms. The fourth-order valence-corrected chi connectivity index (χ4v) is 1.70. The number of rotatable bonds is 5. The fraction of sp³-hybridized carbons (Fsp3) is 0.818. The number of hydrogen-bond acceptors (Lipinski definition) is 2. The highest BCUT2D eigenvalue weighted by Crippen LogP contribution is 2.24. The molecule has 0 amide bonds. The molecule has 0 atom stereocenters. The first-order chi connectivity index (χ1) is 6.33. The van der Waals surface area contributed by atoms with E-state index in [0.29, 0.717) is 12.5 Å². The van der Waals surface area contributed by atoms with Crippen LogP contribution in [0.15, 0.2) is 0 Å². The van der Waals surface area contributed by atoms with E-state index < -0.39 is 0 Å². The van der Waals surface area contributed by atoms with Crippen LogP contribution in [0.3, 0.4) is 0 Å². The van der Waals surface area contributed by atoms with Crippen LogP contribution in [0.25, 0.3) is 0 Å². The lowest BCUT2D eigenvalue weighted by molar-refractivity contribution is -0.140. The summed E-state index contributed by atoms with van der Waals surface area (Å²) in [5, 5.41) is 0. The maximum absolute atomic E-state index is 11.1. The van der Waals surface area contributed by atoms with Crippen molar-refractivity contribution in [3.05, 3.63) is 6.42 Å². The van der Waals surface area contributed by atoms with Crippen LogP contribution in [0.5, 0.6) is 0 Å². The van der Waals surface area contributed by atoms with Gasteiger partial charge in [-0.05, 0) is 25.2 Å². The summed E-state index contributed by atoms with van der Waals surface area (Å²) in [4.78, 5) is 11.1. The van der Waals surface area contributed by atoms with E-state index in [1.54, 1.807) is 6.42 Å². The highest BCUT2D eigenvalue weighted by molar-refractivity contribution is 5.78. The Morgan fingerprint density at radius 1 is 1.46 bits per heavy atom. The van der Waals surface area contributed by atoms with Crippen LogP contribution < -0.4 is 0 Å². The molecule has 0 aromatic heterocycles. The van der Waals surface area contributed by atoms with Crippen molar-refractivity contribution in [1.82, 2.24) is 0 Å². The molecule has 0 saturated heterocycles. The van der Waals surface area contributed by atoms with Crippen molar-refractivity contribution in [1.29, 1.82) is 0 Å². The van der Waals surface area contributed by atoms with Gasteiger partial charge in [0.25, 0.3) is 0 Å². The van der Waals surface area contributed by atoms with Gasteiger partial charge in [-0.3, -0.25) is 4.79 Å². The summed E-state index contributed by atoms with van der Waals surface area (Å²) in [5.74, 6) is 0.507. The third-order valence-corrected chi connectivity index (χ3v) is 2.54. The van der Waals surface area contributed by atoms with E-state index in [2.05, 4.69) is 6.92 Å². The first-order valence-corrected chi connectivity index (χ1v) is 5.33. The molecule has 1 rings (SSSR count). The second kappa shape index (κ2) is 6.01. The van der Waals surface area contributed by atoms with Crippen molar-refractivity contribution in [2.75, 3.05) is 6.61 Å². The van der Waals surface area contributed by atoms with Gasteiger partial charge in [0.2, 0.25) is 0 Å². The van der Waals surface area contributed by atoms with E-state index in [4.69, 9.17) is 4.74 Å². The fourth-order valence-electron chi connectivity index (χ4n) is 1.70. The van der Waals surface area contributed by atoms with Gasteiger partial charge < -0.3 is 4.74 Å². The van der Waals surface area contributed by atoms with E-state index >= 15 is 0 Å². The van der Waals surface area contributed by atoms with Crippen molar-refractivity contribution < 1.29 is 9.53 Å². The molecule has 1 saturated carbocycles. The standard InChI is InChI=1S/C11H19O2/c1-2-3-8-11(12)13-9-10-6-4-5-7-10/h8,10H,2-7,9H2,1H3.